The van der Waals surface area contributed by atoms with Crippen LogP contribution in [-0.4, -0.2) is 24.4 Å². The van der Waals surface area contributed by atoms with Gasteiger partial charge in [-0.15, -0.1) is 0 Å². The highest BCUT2D eigenvalue weighted by molar-refractivity contribution is 8.02. The first-order chi connectivity index (χ1) is 9.58. The minimum absolute atomic E-state index is 0.413. The van der Waals surface area contributed by atoms with E-state index in [2.05, 4.69) is 15.6 Å². The Kier molecular flexibility index (Phi) is 6.91. The minimum atomic E-state index is -0.633. The van der Waals surface area contributed by atoms with E-state index in [0.29, 0.717) is 0 Å². The molecule has 2 N–H and O–H groups in total. The lowest BCUT2D eigenvalue weighted by molar-refractivity contribution is -0.144. The molecule has 106 valence electrons. The summed E-state index contributed by atoms with van der Waals surface area (Å²) in [6.45, 7) is 0.787. The van der Waals surface area contributed by atoms with E-state index in [-0.39, 0.29) is 0 Å². The van der Waals surface area contributed by atoms with Crippen LogP contribution in [0.25, 0.3) is 0 Å². The summed E-state index contributed by atoms with van der Waals surface area (Å²) in [7, 11) is 0. The van der Waals surface area contributed by atoms with Gasteiger partial charge in [-0.05, 0) is 17.5 Å². The largest absolute Gasteiger partial charge is 0.452 e. The molecule has 20 heavy (non-hydrogen) atoms. The van der Waals surface area contributed by atoms with Crippen molar-refractivity contribution < 1.29 is 19.1 Å². The predicted molar refractivity (Wildman–Crippen MR) is 74.4 cm³/mol. The Balaban J connectivity index is 2.23. The number of nitrogens with one attached hydrogen (secondary N) is 2. The van der Waals surface area contributed by atoms with Gasteiger partial charge in [-0.25, -0.2) is 4.79 Å². The van der Waals surface area contributed by atoms with Gasteiger partial charge in [0.1, 0.15) is 0 Å². The van der Waals surface area contributed by atoms with E-state index in [1.165, 1.54) is 24.8 Å². The molecule has 1 aromatic carbocycles. The molecule has 0 aliphatic carbocycles. The van der Waals surface area contributed by atoms with Crippen LogP contribution in [0.4, 0.5) is 0 Å². The van der Waals surface area contributed by atoms with Crippen molar-refractivity contribution in [3.63, 3.8) is 0 Å². The maximum Gasteiger partial charge on any atom is 0.331 e. The number of hydrazine groups is 1. The molecule has 1 aromatic rings. The lowest BCUT2D eigenvalue weighted by atomic mass is 10.4. The van der Waals surface area contributed by atoms with Crippen molar-refractivity contribution in [1.82, 2.24) is 10.9 Å². The lowest BCUT2D eigenvalue weighted by Gasteiger charge is -2.04. The summed E-state index contributed by atoms with van der Waals surface area (Å²) in [4.78, 5) is 33.9. The summed E-state index contributed by atoms with van der Waals surface area (Å²) in [5.74, 6) is -1.66. The zero-order valence-electron chi connectivity index (χ0n) is 10.8. The van der Waals surface area contributed by atoms with E-state index in [4.69, 9.17) is 0 Å². The van der Waals surface area contributed by atoms with Crippen molar-refractivity contribution >= 4 is 29.5 Å². The highest BCUT2D eigenvalue weighted by atomic mass is 32.2. The number of benzene rings is 1. The van der Waals surface area contributed by atoms with Crippen LogP contribution < -0.4 is 10.9 Å². The molecular weight excluding hydrogens is 280 g/mol. The van der Waals surface area contributed by atoms with Gasteiger partial charge in [-0.2, -0.15) is 0 Å². The third kappa shape index (κ3) is 7.22. The van der Waals surface area contributed by atoms with Crippen molar-refractivity contribution in [1.29, 1.82) is 0 Å². The van der Waals surface area contributed by atoms with Crippen molar-refractivity contribution in [2.75, 3.05) is 6.61 Å². The molecule has 0 spiro atoms. The average Bonchev–Trinajstić information content (AvgIpc) is 2.44. The number of hydrogen-bond donors (Lipinski definition) is 2. The molecule has 0 bridgehead atoms. The maximum atomic E-state index is 11.3. The van der Waals surface area contributed by atoms with Crippen LogP contribution in [0.5, 0.6) is 0 Å². The van der Waals surface area contributed by atoms with Crippen molar-refractivity contribution in [3.05, 3.63) is 41.8 Å². The summed E-state index contributed by atoms with van der Waals surface area (Å²) in [5, 5.41) is 1.57. The zero-order chi connectivity index (χ0) is 14.8. The normalized spacial score (nSPS) is 10.1. The number of hydrogen-bond acceptors (Lipinski definition) is 5. The van der Waals surface area contributed by atoms with Crippen LogP contribution in [0, 0.1) is 0 Å². The Morgan fingerprint density at radius 2 is 1.90 bits per heavy atom. The molecule has 1 rings (SSSR count). The molecule has 7 heteroatoms. The van der Waals surface area contributed by atoms with E-state index in [9.17, 15) is 14.4 Å². The van der Waals surface area contributed by atoms with E-state index in [0.717, 1.165) is 4.90 Å². The molecule has 0 aromatic heterocycles. The molecule has 0 unspecified atom stereocenters. The standard InChI is InChI=1S/C13H14N2O4S/c1-10(16)14-15-12(17)9-19-13(18)7-8-20-11-5-3-2-4-6-11/h2-8H,9H2,1H3,(H,14,16)(H,15,17)/b8-7+. The average molecular weight is 294 g/mol. The number of carbonyl (C=O) groups excluding carboxylic acids is 3. The summed E-state index contributed by atoms with van der Waals surface area (Å²) in [5.41, 5.74) is 4.16. The molecule has 0 saturated carbocycles. The Hall–Kier alpha value is -2.28. The van der Waals surface area contributed by atoms with Gasteiger partial charge in [0.05, 0.1) is 0 Å². The first kappa shape index (κ1) is 15.8. The first-order valence-electron chi connectivity index (χ1n) is 5.68. The van der Waals surface area contributed by atoms with Crippen molar-refractivity contribution in [3.8, 4) is 0 Å². The highest BCUT2D eigenvalue weighted by Gasteiger charge is 2.04. The van der Waals surface area contributed by atoms with E-state index in [1.807, 2.05) is 30.3 Å². The van der Waals surface area contributed by atoms with E-state index in [1.54, 1.807) is 5.41 Å². The summed E-state index contributed by atoms with van der Waals surface area (Å²) >= 11 is 1.36. The van der Waals surface area contributed by atoms with Crippen molar-refractivity contribution in [2.24, 2.45) is 0 Å². The molecule has 0 radical (unpaired) electrons. The van der Waals surface area contributed by atoms with Gasteiger partial charge in [0, 0.05) is 17.9 Å². The van der Waals surface area contributed by atoms with Crippen LogP contribution in [-0.2, 0) is 19.1 Å². The predicted octanol–water partition coefficient (Wildman–Crippen LogP) is 1.00. The third-order valence-corrected chi connectivity index (χ3v) is 2.69. The monoisotopic (exact) mass is 294 g/mol. The summed E-state index contributed by atoms with van der Waals surface area (Å²) in [6, 6.07) is 9.49. The Morgan fingerprint density at radius 3 is 2.55 bits per heavy atom. The molecule has 6 nitrogen and oxygen atoms in total. The van der Waals surface area contributed by atoms with Gasteiger partial charge >= 0.3 is 5.97 Å². The number of thioether (sulfide) groups is 1. The van der Waals surface area contributed by atoms with E-state index >= 15 is 0 Å². The second-order valence-electron chi connectivity index (χ2n) is 3.57. The van der Waals surface area contributed by atoms with Crippen LogP contribution in [0.15, 0.2) is 46.7 Å². The van der Waals surface area contributed by atoms with Crippen LogP contribution in [0.2, 0.25) is 0 Å². The number of carbonyl (C=O) groups is 3. The molecular formula is C13H14N2O4S. The number of amides is 2. The first-order valence-corrected chi connectivity index (χ1v) is 6.56. The number of ether oxygens (including phenoxy) is 1. The second-order valence-corrected chi connectivity index (χ2v) is 4.55. The van der Waals surface area contributed by atoms with Gasteiger partial charge in [0.25, 0.3) is 5.91 Å². The number of esters is 1. The fraction of sp³-hybridized carbons (Fsp3) is 0.154. The molecule has 0 heterocycles. The quantitative estimate of drug-likeness (QED) is 0.366. The van der Waals surface area contributed by atoms with E-state index < -0.39 is 24.4 Å². The summed E-state index contributed by atoms with van der Waals surface area (Å²) < 4.78 is 4.67. The smallest absolute Gasteiger partial charge is 0.331 e. The van der Waals surface area contributed by atoms with Crippen LogP contribution >= 0.6 is 11.8 Å². The van der Waals surface area contributed by atoms with Gasteiger partial charge in [0.2, 0.25) is 5.91 Å². The molecule has 0 saturated heterocycles. The fourth-order valence-electron chi connectivity index (χ4n) is 1.05. The number of rotatable bonds is 5. The van der Waals surface area contributed by atoms with Gasteiger partial charge in [-0.3, -0.25) is 20.4 Å². The Labute approximate surface area is 120 Å². The molecule has 0 atom stereocenters. The Morgan fingerprint density at radius 1 is 1.20 bits per heavy atom. The lowest BCUT2D eigenvalue weighted by Crippen LogP contribution is -2.42. The van der Waals surface area contributed by atoms with Crippen molar-refractivity contribution in [2.45, 2.75) is 11.8 Å². The molecule has 0 aliphatic heterocycles. The van der Waals surface area contributed by atoms with Crippen LogP contribution in [0.3, 0.4) is 0 Å². The van der Waals surface area contributed by atoms with Gasteiger partial charge < -0.3 is 4.74 Å². The zero-order valence-corrected chi connectivity index (χ0v) is 11.6. The van der Waals surface area contributed by atoms with Crippen LogP contribution in [0.1, 0.15) is 6.92 Å². The fourth-order valence-corrected chi connectivity index (χ4v) is 1.70. The minimum Gasteiger partial charge on any atom is -0.452 e. The second kappa shape index (κ2) is 8.76. The third-order valence-electron chi connectivity index (χ3n) is 1.87. The van der Waals surface area contributed by atoms with Gasteiger partial charge in [0.15, 0.2) is 6.61 Å². The molecule has 0 aliphatic rings. The SMILES string of the molecule is CC(=O)NNC(=O)COC(=O)/C=C/Sc1ccccc1. The molecule has 2 amide bonds. The Bertz CT molecular complexity index is 502. The highest BCUT2D eigenvalue weighted by Crippen LogP contribution is 2.17. The topological polar surface area (TPSA) is 84.5 Å². The van der Waals surface area contributed by atoms with Gasteiger partial charge in [-0.1, -0.05) is 30.0 Å². The maximum absolute atomic E-state index is 11.3. The summed E-state index contributed by atoms with van der Waals surface area (Å²) in [6.07, 6.45) is 1.23. The molecule has 0 fully saturated rings.